The standard InChI is InChI=1S/C11H16N2O3/c1-2-4-9(14)12-7-3-8-13-10(15)5-6-11(13)16/h2H,1,3-8H2,(H,12,14). The van der Waals surface area contributed by atoms with Gasteiger partial charge in [0.1, 0.15) is 0 Å². The van der Waals surface area contributed by atoms with Crippen molar-refractivity contribution in [1.82, 2.24) is 10.2 Å². The number of hydrogen-bond acceptors (Lipinski definition) is 3. The Kier molecular flexibility index (Phi) is 4.69. The maximum Gasteiger partial charge on any atom is 0.229 e. The molecule has 0 unspecified atom stereocenters. The first-order valence-corrected chi connectivity index (χ1v) is 5.36. The van der Waals surface area contributed by atoms with Crippen LogP contribution in [0.15, 0.2) is 12.7 Å². The second-order valence-corrected chi connectivity index (χ2v) is 3.64. The van der Waals surface area contributed by atoms with Gasteiger partial charge in [0.2, 0.25) is 17.7 Å². The van der Waals surface area contributed by atoms with Gasteiger partial charge in [-0.15, -0.1) is 6.58 Å². The van der Waals surface area contributed by atoms with Crippen molar-refractivity contribution in [2.24, 2.45) is 0 Å². The monoisotopic (exact) mass is 224 g/mol. The molecular formula is C11H16N2O3. The fraction of sp³-hybridized carbons (Fsp3) is 0.545. The summed E-state index contributed by atoms with van der Waals surface area (Å²) in [6.07, 6.45) is 3.06. The molecule has 0 spiro atoms. The maximum absolute atomic E-state index is 11.2. The van der Waals surface area contributed by atoms with E-state index in [1.54, 1.807) is 0 Å². The lowest BCUT2D eigenvalue weighted by atomic mass is 10.3. The summed E-state index contributed by atoms with van der Waals surface area (Å²) in [7, 11) is 0. The van der Waals surface area contributed by atoms with Crippen LogP contribution in [0.25, 0.3) is 0 Å². The normalized spacial score (nSPS) is 15.4. The minimum atomic E-state index is -0.109. The number of amides is 3. The first-order chi connectivity index (χ1) is 7.65. The number of nitrogens with one attached hydrogen (secondary N) is 1. The van der Waals surface area contributed by atoms with Crippen LogP contribution in [0.3, 0.4) is 0 Å². The summed E-state index contributed by atoms with van der Waals surface area (Å²) in [5, 5.41) is 2.68. The van der Waals surface area contributed by atoms with E-state index in [0.717, 1.165) is 0 Å². The van der Waals surface area contributed by atoms with Gasteiger partial charge in [-0.05, 0) is 6.42 Å². The van der Waals surface area contributed by atoms with Gasteiger partial charge in [0, 0.05) is 32.4 Å². The minimum absolute atomic E-state index is 0.0888. The summed E-state index contributed by atoms with van der Waals surface area (Å²) in [5.41, 5.74) is 0. The molecule has 3 amide bonds. The number of rotatable bonds is 6. The summed E-state index contributed by atoms with van der Waals surface area (Å²) in [6.45, 7) is 4.32. The molecule has 1 N–H and O–H groups in total. The van der Waals surface area contributed by atoms with Crippen molar-refractivity contribution in [3.8, 4) is 0 Å². The van der Waals surface area contributed by atoms with Gasteiger partial charge >= 0.3 is 0 Å². The highest BCUT2D eigenvalue weighted by molar-refractivity contribution is 6.01. The molecule has 0 aromatic carbocycles. The van der Waals surface area contributed by atoms with Gasteiger partial charge < -0.3 is 5.32 Å². The van der Waals surface area contributed by atoms with Crippen LogP contribution >= 0.6 is 0 Å². The van der Waals surface area contributed by atoms with Crippen molar-refractivity contribution in [2.45, 2.75) is 25.7 Å². The second kappa shape index (κ2) is 6.05. The lowest BCUT2D eigenvalue weighted by Crippen LogP contribution is -2.33. The van der Waals surface area contributed by atoms with Crippen LogP contribution in [-0.2, 0) is 14.4 Å². The Hall–Kier alpha value is -1.65. The Bertz CT molecular complexity index is 296. The molecule has 88 valence electrons. The predicted octanol–water partition coefficient (Wildman–Crippen LogP) is 0.218. The van der Waals surface area contributed by atoms with Crippen LogP contribution in [0.5, 0.6) is 0 Å². The fourth-order valence-electron chi connectivity index (χ4n) is 1.54. The molecule has 1 saturated heterocycles. The van der Waals surface area contributed by atoms with Crippen LogP contribution in [0.4, 0.5) is 0 Å². The van der Waals surface area contributed by atoms with Gasteiger partial charge in [-0.3, -0.25) is 19.3 Å². The van der Waals surface area contributed by atoms with Crippen molar-refractivity contribution in [3.63, 3.8) is 0 Å². The molecule has 0 atom stereocenters. The van der Waals surface area contributed by atoms with Gasteiger partial charge in [-0.1, -0.05) is 6.08 Å². The lowest BCUT2D eigenvalue weighted by Gasteiger charge is -2.13. The predicted molar refractivity (Wildman–Crippen MR) is 58.4 cm³/mol. The van der Waals surface area contributed by atoms with Crippen molar-refractivity contribution in [2.75, 3.05) is 13.1 Å². The summed E-state index contributed by atoms with van der Waals surface area (Å²) in [4.78, 5) is 34.7. The second-order valence-electron chi connectivity index (χ2n) is 3.64. The minimum Gasteiger partial charge on any atom is -0.356 e. The lowest BCUT2D eigenvalue weighted by molar-refractivity contribution is -0.138. The number of nitrogens with zero attached hydrogens (tertiary/aromatic N) is 1. The Morgan fingerprint density at radius 1 is 1.38 bits per heavy atom. The quantitative estimate of drug-likeness (QED) is 0.398. The van der Waals surface area contributed by atoms with Crippen molar-refractivity contribution in [3.05, 3.63) is 12.7 Å². The maximum atomic E-state index is 11.2. The van der Waals surface area contributed by atoms with Crippen molar-refractivity contribution < 1.29 is 14.4 Å². The molecule has 1 aliphatic rings. The highest BCUT2D eigenvalue weighted by Gasteiger charge is 2.27. The number of imide groups is 1. The van der Waals surface area contributed by atoms with Crippen LogP contribution in [-0.4, -0.2) is 35.7 Å². The van der Waals surface area contributed by atoms with E-state index in [1.807, 2.05) is 0 Å². The molecule has 0 bridgehead atoms. The molecule has 1 aliphatic heterocycles. The molecule has 0 aliphatic carbocycles. The van der Waals surface area contributed by atoms with Gasteiger partial charge in [0.15, 0.2) is 0 Å². The van der Waals surface area contributed by atoms with Crippen LogP contribution in [0, 0.1) is 0 Å². The highest BCUT2D eigenvalue weighted by Crippen LogP contribution is 2.11. The Morgan fingerprint density at radius 2 is 2.00 bits per heavy atom. The van der Waals surface area contributed by atoms with E-state index in [0.29, 0.717) is 38.8 Å². The van der Waals surface area contributed by atoms with Crippen LogP contribution in [0.1, 0.15) is 25.7 Å². The smallest absolute Gasteiger partial charge is 0.229 e. The number of hydrogen-bond donors (Lipinski definition) is 1. The van der Waals surface area contributed by atoms with E-state index < -0.39 is 0 Å². The molecule has 1 rings (SSSR count). The molecule has 1 heterocycles. The molecule has 0 saturated carbocycles. The molecular weight excluding hydrogens is 208 g/mol. The summed E-state index contributed by atoms with van der Waals surface area (Å²) in [5.74, 6) is -0.307. The average Bonchev–Trinajstić information content (AvgIpc) is 2.55. The first kappa shape index (κ1) is 12.4. The van der Waals surface area contributed by atoms with E-state index >= 15 is 0 Å². The Balaban J connectivity index is 2.15. The Labute approximate surface area is 94.5 Å². The zero-order chi connectivity index (χ0) is 12.0. The number of carbonyl (C=O) groups is 3. The third kappa shape index (κ3) is 3.49. The van der Waals surface area contributed by atoms with Gasteiger partial charge in [-0.25, -0.2) is 0 Å². The molecule has 1 fully saturated rings. The number of likely N-dealkylation sites (tertiary alicyclic amines) is 1. The molecule has 0 aromatic rings. The van der Waals surface area contributed by atoms with Crippen molar-refractivity contribution in [1.29, 1.82) is 0 Å². The molecule has 5 nitrogen and oxygen atoms in total. The SMILES string of the molecule is C=CCC(=O)NCCCN1C(=O)CCC1=O. The first-order valence-electron chi connectivity index (χ1n) is 5.36. The zero-order valence-corrected chi connectivity index (χ0v) is 9.20. The van der Waals surface area contributed by atoms with E-state index in [1.165, 1.54) is 11.0 Å². The summed E-state index contributed by atoms with van der Waals surface area (Å²) >= 11 is 0. The molecule has 0 aromatic heterocycles. The van der Waals surface area contributed by atoms with E-state index in [-0.39, 0.29) is 17.7 Å². The summed E-state index contributed by atoms with van der Waals surface area (Å²) < 4.78 is 0. The Morgan fingerprint density at radius 3 is 2.56 bits per heavy atom. The van der Waals surface area contributed by atoms with Gasteiger partial charge in [0.05, 0.1) is 0 Å². The van der Waals surface area contributed by atoms with Crippen molar-refractivity contribution >= 4 is 17.7 Å². The topological polar surface area (TPSA) is 66.5 Å². The number of carbonyl (C=O) groups excluding carboxylic acids is 3. The van der Waals surface area contributed by atoms with E-state index in [2.05, 4.69) is 11.9 Å². The fourth-order valence-corrected chi connectivity index (χ4v) is 1.54. The average molecular weight is 224 g/mol. The largest absolute Gasteiger partial charge is 0.356 e. The van der Waals surface area contributed by atoms with E-state index in [9.17, 15) is 14.4 Å². The van der Waals surface area contributed by atoms with Crippen LogP contribution < -0.4 is 5.32 Å². The zero-order valence-electron chi connectivity index (χ0n) is 9.20. The van der Waals surface area contributed by atoms with E-state index in [4.69, 9.17) is 0 Å². The highest BCUT2D eigenvalue weighted by atomic mass is 16.2. The van der Waals surface area contributed by atoms with Crippen LogP contribution in [0.2, 0.25) is 0 Å². The van der Waals surface area contributed by atoms with Gasteiger partial charge in [0.25, 0.3) is 0 Å². The third-order valence-electron chi connectivity index (χ3n) is 2.37. The molecule has 16 heavy (non-hydrogen) atoms. The summed E-state index contributed by atoms with van der Waals surface area (Å²) in [6, 6.07) is 0. The molecule has 0 radical (unpaired) electrons. The van der Waals surface area contributed by atoms with Gasteiger partial charge in [-0.2, -0.15) is 0 Å². The third-order valence-corrected chi connectivity index (χ3v) is 2.37. The molecule has 5 heteroatoms.